The van der Waals surface area contributed by atoms with E-state index < -0.39 is 28.4 Å². The lowest BCUT2D eigenvalue weighted by Gasteiger charge is -2.10. The Morgan fingerprint density at radius 2 is 1.87 bits per heavy atom. The zero-order valence-electron chi connectivity index (χ0n) is 16.2. The van der Waals surface area contributed by atoms with Crippen LogP contribution in [0.15, 0.2) is 24.3 Å². The van der Waals surface area contributed by atoms with Gasteiger partial charge in [0.25, 0.3) is 5.91 Å². The van der Waals surface area contributed by atoms with Crippen molar-refractivity contribution in [3.63, 3.8) is 0 Å². The fraction of sp³-hybridized carbons (Fsp3) is 0.278. The van der Waals surface area contributed by atoms with Crippen LogP contribution in [-0.2, 0) is 12.7 Å². The number of halogens is 3. The van der Waals surface area contributed by atoms with E-state index in [0.717, 1.165) is 0 Å². The Morgan fingerprint density at radius 1 is 1.23 bits per heavy atom. The third-order valence-electron chi connectivity index (χ3n) is 4.53. The molecule has 30 heavy (non-hydrogen) atoms. The topological polar surface area (TPSA) is 119 Å². The van der Waals surface area contributed by atoms with Crippen molar-refractivity contribution in [2.24, 2.45) is 0 Å². The predicted molar refractivity (Wildman–Crippen MR) is 100 cm³/mol. The SMILES string of the molecule is Cc1nn(Cc2ccc(C(=O)Nc3c(C(F)(F)F)n[nH]c3C)cc2)c(C)c1[N+](=O)[O-]. The summed E-state index contributed by atoms with van der Waals surface area (Å²) in [7, 11) is 0. The summed E-state index contributed by atoms with van der Waals surface area (Å²) in [4.78, 5) is 23.0. The number of nitrogens with zero attached hydrogens (tertiary/aromatic N) is 4. The van der Waals surface area contributed by atoms with Gasteiger partial charge < -0.3 is 5.32 Å². The van der Waals surface area contributed by atoms with Crippen molar-refractivity contribution in [3.05, 3.63) is 68.3 Å². The minimum absolute atomic E-state index is 0.0538. The lowest BCUT2D eigenvalue weighted by atomic mass is 10.1. The van der Waals surface area contributed by atoms with E-state index in [2.05, 4.69) is 20.6 Å². The van der Waals surface area contributed by atoms with Crippen molar-refractivity contribution < 1.29 is 22.9 Å². The number of H-pyrrole nitrogens is 1. The Kier molecular flexibility index (Phi) is 5.33. The van der Waals surface area contributed by atoms with Crippen molar-refractivity contribution in [2.75, 3.05) is 5.32 Å². The van der Waals surface area contributed by atoms with Crippen molar-refractivity contribution in [1.82, 2.24) is 20.0 Å². The molecule has 12 heteroatoms. The maximum absolute atomic E-state index is 13.0. The van der Waals surface area contributed by atoms with Crippen LogP contribution < -0.4 is 5.32 Å². The molecule has 2 aromatic heterocycles. The molecule has 0 saturated carbocycles. The first-order chi connectivity index (χ1) is 14.0. The number of nitrogens with one attached hydrogen (secondary N) is 2. The smallest absolute Gasteiger partial charge is 0.319 e. The van der Waals surface area contributed by atoms with Gasteiger partial charge in [0.05, 0.1) is 22.8 Å². The molecule has 2 N–H and O–H groups in total. The summed E-state index contributed by atoms with van der Waals surface area (Å²) >= 11 is 0. The standard InChI is InChI=1S/C18H17F3N6O3/c1-9-14(16(24-23-9)18(19,20)21)22-17(28)13-6-4-12(5-7-13)8-26-11(3)15(27(29)30)10(2)25-26/h4-7H,8H2,1-3H3,(H,22,28)(H,23,24). The molecule has 9 nitrogen and oxygen atoms in total. The van der Waals surface area contributed by atoms with Gasteiger partial charge in [-0.05, 0) is 38.5 Å². The van der Waals surface area contributed by atoms with Crippen LogP contribution >= 0.6 is 0 Å². The van der Waals surface area contributed by atoms with Crippen LogP contribution in [0.25, 0.3) is 0 Å². The first-order valence-electron chi connectivity index (χ1n) is 8.70. The molecule has 2 heterocycles. The number of benzene rings is 1. The first kappa shape index (κ1) is 21.0. The Hall–Kier alpha value is -3.70. The summed E-state index contributed by atoms with van der Waals surface area (Å²) in [5.41, 5.74) is -0.0452. The monoisotopic (exact) mass is 422 g/mol. The van der Waals surface area contributed by atoms with Crippen molar-refractivity contribution >= 4 is 17.3 Å². The van der Waals surface area contributed by atoms with E-state index in [1.54, 1.807) is 26.0 Å². The lowest BCUT2D eigenvalue weighted by molar-refractivity contribution is -0.386. The number of carbonyl (C=O) groups is 1. The highest BCUT2D eigenvalue weighted by molar-refractivity contribution is 6.04. The van der Waals surface area contributed by atoms with E-state index in [1.807, 2.05) is 0 Å². The second kappa shape index (κ2) is 7.61. The van der Waals surface area contributed by atoms with Crippen LogP contribution in [0, 0.1) is 30.9 Å². The van der Waals surface area contributed by atoms with Gasteiger partial charge in [0, 0.05) is 5.56 Å². The van der Waals surface area contributed by atoms with Crippen LogP contribution in [0.3, 0.4) is 0 Å². The van der Waals surface area contributed by atoms with Gasteiger partial charge in [-0.15, -0.1) is 0 Å². The number of hydrogen-bond acceptors (Lipinski definition) is 5. The summed E-state index contributed by atoms with van der Waals surface area (Å²) in [5, 5.41) is 22.9. The molecule has 0 aliphatic rings. The van der Waals surface area contributed by atoms with Crippen LogP contribution in [0.5, 0.6) is 0 Å². The average Bonchev–Trinajstić information content (AvgIpc) is 3.15. The molecule has 0 bridgehead atoms. The Morgan fingerprint density at radius 3 is 2.40 bits per heavy atom. The van der Waals surface area contributed by atoms with Crippen LogP contribution in [0.2, 0.25) is 0 Å². The zero-order chi connectivity index (χ0) is 22.2. The molecule has 0 atom stereocenters. The summed E-state index contributed by atoms with van der Waals surface area (Å²) < 4.78 is 40.5. The third kappa shape index (κ3) is 4.02. The summed E-state index contributed by atoms with van der Waals surface area (Å²) in [6.45, 7) is 4.74. The summed E-state index contributed by atoms with van der Waals surface area (Å²) in [6.07, 6.45) is -4.71. The molecule has 1 amide bonds. The minimum atomic E-state index is -4.71. The number of alkyl halides is 3. The van der Waals surface area contributed by atoms with Gasteiger partial charge in [0.1, 0.15) is 11.4 Å². The molecule has 3 aromatic rings. The third-order valence-corrected chi connectivity index (χ3v) is 4.53. The molecular weight excluding hydrogens is 405 g/mol. The minimum Gasteiger partial charge on any atom is -0.319 e. The average molecular weight is 422 g/mol. The van der Waals surface area contributed by atoms with E-state index in [4.69, 9.17) is 0 Å². The Bertz CT molecular complexity index is 1120. The van der Waals surface area contributed by atoms with E-state index >= 15 is 0 Å². The fourth-order valence-electron chi connectivity index (χ4n) is 3.01. The number of aryl methyl sites for hydroxylation is 2. The number of rotatable bonds is 5. The molecule has 0 fully saturated rings. The lowest BCUT2D eigenvalue weighted by Crippen LogP contribution is -2.16. The maximum Gasteiger partial charge on any atom is 0.437 e. The molecular formula is C18H17F3N6O3. The van der Waals surface area contributed by atoms with Gasteiger partial charge >= 0.3 is 11.9 Å². The van der Waals surface area contributed by atoms with Crippen LogP contribution in [0.1, 0.15) is 38.7 Å². The fourth-order valence-corrected chi connectivity index (χ4v) is 3.01. The number of anilines is 1. The number of hydrogen-bond donors (Lipinski definition) is 2. The molecule has 0 aliphatic heterocycles. The Labute approximate surface area is 168 Å². The van der Waals surface area contributed by atoms with Crippen LogP contribution in [-0.4, -0.2) is 30.8 Å². The van der Waals surface area contributed by atoms with Gasteiger partial charge in [-0.2, -0.15) is 23.4 Å². The molecule has 0 unspecified atom stereocenters. The van der Waals surface area contributed by atoms with Gasteiger partial charge in [-0.25, -0.2) is 0 Å². The van der Waals surface area contributed by atoms with Gasteiger partial charge in [-0.1, -0.05) is 12.1 Å². The molecule has 0 radical (unpaired) electrons. The Balaban J connectivity index is 1.77. The number of carbonyl (C=O) groups excluding carboxylic acids is 1. The number of aromatic nitrogens is 4. The second-order valence-corrected chi connectivity index (χ2v) is 6.66. The number of amides is 1. The second-order valence-electron chi connectivity index (χ2n) is 6.66. The highest BCUT2D eigenvalue weighted by Crippen LogP contribution is 2.34. The van der Waals surface area contributed by atoms with Crippen molar-refractivity contribution in [2.45, 2.75) is 33.5 Å². The van der Waals surface area contributed by atoms with Gasteiger partial charge in [0.15, 0.2) is 5.69 Å². The molecule has 1 aromatic carbocycles. The molecule has 0 aliphatic carbocycles. The number of aromatic amines is 1. The molecule has 0 saturated heterocycles. The maximum atomic E-state index is 13.0. The molecule has 0 spiro atoms. The van der Waals surface area contributed by atoms with E-state index in [1.165, 1.54) is 23.7 Å². The van der Waals surface area contributed by atoms with Crippen molar-refractivity contribution in [1.29, 1.82) is 0 Å². The first-order valence-corrected chi connectivity index (χ1v) is 8.70. The highest BCUT2D eigenvalue weighted by Gasteiger charge is 2.38. The predicted octanol–water partition coefficient (Wildman–Crippen LogP) is 3.76. The quantitative estimate of drug-likeness (QED) is 0.479. The van der Waals surface area contributed by atoms with E-state index in [-0.39, 0.29) is 23.5 Å². The normalized spacial score (nSPS) is 11.5. The molecule has 3 rings (SSSR count). The van der Waals surface area contributed by atoms with Crippen LogP contribution in [0.4, 0.5) is 24.5 Å². The van der Waals surface area contributed by atoms with E-state index in [0.29, 0.717) is 17.0 Å². The highest BCUT2D eigenvalue weighted by atomic mass is 19.4. The summed E-state index contributed by atoms with van der Waals surface area (Å²) in [6, 6.07) is 6.11. The van der Waals surface area contributed by atoms with Crippen molar-refractivity contribution in [3.8, 4) is 0 Å². The summed E-state index contributed by atoms with van der Waals surface area (Å²) in [5.74, 6) is -0.724. The molecule has 158 valence electrons. The number of nitro groups is 1. The van der Waals surface area contributed by atoms with Gasteiger partial charge in [-0.3, -0.25) is 24.7 Å². The van der Waals surface area contributed by atoms with Gasteiger partial charge in [0.2, 0.25) is 0 Å². The van der Waals surface area contributed by atoms with E-state index in [9.17, 15) is 28.1 Å². The largest absolute Gasteiger partial charge is 0.437 e. The zero-order valence-corrected chi connectivity index (χ0v) is 16.2.